The fraction of sp³-hybridized carbons (Fsp3) is 0.556. The highest BCUT2D eigenvalue weighted by Crippen LogP contribution is 2.66. The van der Waals surface area contributed by atoms with Crippen molar-refractivity contribution in [3.8, 4) is 5.75 Å². The first-order chi connectivity index (χ1) is 14.7. The van der Waals surface area contributed by atoms with E-state index in [0.717, 1.165) is 24.8 Å². The quantitative estimate of drug-likeness (QED) is 0.806. The van der Waals surface area contributed by atoms with Crippen LogP contribution in [-0.2, 0) is 6.42 Å². The maximum Gasteiger partial charge on any atom is 0.123 e. The Morgan fingerprint density at radius 3 is 2.43 bits per heavy atom. The summed E-state index contributed by atoms with van der Waals surface area (Å²) in [6.07, 6.45) is 7.22. The fourth-order valence-corrected chi connectivity index (χ4v) is 7.50. The van der Waals surface area contributed by atoms with Gasteiger partial charge in [-0.3, -0.25) is 4.90 Å². The van der Waals surface area contributed by atoms with Crippen LogP contribution < -0.4 is 10.1 Å². The number of likely N-dealkylation sites (tertiary alicyclic amines) is 1. The predicted octanol–water partition coefficient (Wildman–Crippen LogP) is 4.68. The normalized spacial score (nSPS) is 39.3. The first-order valence-corrected chi connectivity index (χ1v) is 12.0. The minimum Gasteiger partial charge on any atom is -0.488 e. The Hall–Kier alpha value is -1.84. The average molecular weight is 401 g/mol. The van der Waals surface area contributed by atoms with Crippen LogP contribution in [-0.4, -0.2) is 35.7 Å². The van der Waals surface area contributed by atoms with Gasteiger partial charge < -0.3 is 10.1 Å². The van der Waals surface area contributed by atoms with Crippen molar-refractivity contribution in [1.29, 1.82) is 0 Å². The van der Waals surface area contributed by atoms with Gasteiger partial charge in [0.1, 0.15) is 11.9 Å². The average Bonchev–Trinajstić information content (AvgIpc) is 3.02. The molecule has 2 saturated heterocycles. The van der Waals surface area contributed by atoms with Gasteiger partial charge in [0, 0.05) is 30.7 Å². The van der Waals surface area contributed by atoms with Crippen LogP contribution in [0.3, 0.4) is 0 Å². The zero-order chi connectivity index (χ0) is 19.9. The fourth-order valence-electron chi connectivity index (χ4n) is 7.50. The highest BCUT2D eigenvalue weighted by Gasteiger charge is 2.64. The molecular formula is C27H32N2O. The van der Waals surface area contributed by atoms with E-state index in [1.807, 2.05) is 0 Å². The molecule has 0 radical (unpaired) electrons. The second-order valence-electron chi connectivity index (χ2n) is 10.8. The van der Waals surface area contributed by atoms with Gasteiger partial charge in [0.2, 0.25) is 0 Å². The maximum absolute atomic E-state index is 6.11. The molecule has 2 bridgehead atoms. The summed E-state index contributed by atoms with van der Waals surface area (Å²) in [7, 11) is 0. The molecule has 2 aliphatic heterocycles. The molecular weight excluding hydrogens is 368 g/mol. The van der Waals surface area contributed by atoms with Crippen LogP contribution in [0.2, 0.25) is 0 Å². The van der Waals surface area contributed by atoms with Crippen molar-refractivity contribution in [2.24, 2.45) is 11.8 Å². The van der Waals surface area contributed by atoms with Crippen molar-refractivity contribution >= 4 is 0 Å². The summed E-state index contributed by atoms with van der Waals surface area (Å²) in [5, 5.41) is 3.29. The Morgan fingerprint density at radius 2 is 1.77 bits per heavy atom. The van der Waals surface area contributed by atoms with E-state index in [1.54, 1.807) is 11.1 Å². The van der Waals surface area contributed by atoms with Crippen molar-refractivity contribution in [1.82, 2.24) is 10.2 Å². The first-order valence-electron chi connectivity index (χ1n) is 12.0. The number of nitrogens with one attached hydrogen (secondary N) is 1. The third-order valence-corrected chi connectivity index (χ3v) is 9.02. The Labute approximate surface area is 179 Å². The van der Waals surface area contributed by atoms with Crippen molar-refractivity contribution < 1.29 is 4.74 Å². The molecule has 3 heteroatoms. The Morgan fingerprint density at radius 1 is 1.00 bits per heavy atom. The van der Waals surface area contributed by atoms with Gasteiger partial charge in [-0.15, -0.1) is 0 Å². The zero-order valence-corrected chi connectivity index (χ0v) is 17.9. The van der Waals surface area contributed by atoms with Crippen LogP contribution in [0.5, 0.6) is 5.75 Å². The van der Waals surface area contributed by atoms with Gasteiger partial charge in [-0.2, -0.15) is 0 Å². The lowest BCUT2D eigenvalue weighted by Crippen LogP contribution is -2.72. The maximum atomic E-state index is 6.11. The van der Waals surface area contributed by atoms with Gasteiger partial charge in [0.05, 0.1) is 0 Å². The minimum atomic E-state index is 0.344. The Balaban J connectivity index is 1.25. The Kier molecular flexibility index (Phi) is 3.76. The summed E-state index contributed by atoms with van der Waals surface area (Å²) in [4.78, 5) is 2.99. The second-order valence-corrected chi connectivity index (χ2v) is 10.8. The number of fused-ring (bicyclic) bond motifs is 3. The van der Waals surface area contributed by atoms with Crippen LogP contribution in [0.25, 0.3) is 0 Å². The van der Waals surface area contributed by atoms with Gasteiger partial charge >= 0.3 is 0 Å². The molecule has 30 heavy (non-hydrogen) atoms. The van der Waals surface area contributed by atoms with Crippen molar-refractivity contribution in [3.05, 3.63) is 65.2 Å². The van der Waals surface area contributed by atoms with E-state index in [4.69, 9.17) is 4.74 Å². The molecule has 2 heterocycles. The van der Waals surface area contributed by atoms with Crippen molar-refractivity contribution in [2.45, 2.75) is 68.7 Å². The van der Waals surface area contributed by atoms with Crippen LogP contribution in [0.15, 0.2) is 48.5 Å². The van der Waals surface area contributed by atoms with E-state index in [0.29, 0.717) is 35.6 Å². The van der Waals surface area contributed by atoms with E-state index in [1.165, 1.54) is 37.7 Å². The molecule has 2 aromatic rings. The molecule has 3 nitrogen and oxygen atoms in total. The van der Waals surface area contributed by atoms with E-state index in [2.05, 4.69) is 65.7 Å². The van der Waals surface area contributed by atoms with Crippen LogP contribution in [0, 0.1) is 11.8 Å². The third-order valence-electron chi connectivity index (χ3n) is 9.02. The molecule has 4 aliphatic carbocycles. The summed E-state index contributed by atoms with van der Waals surface area (Å²) >= 11 is 0. The van der Waals surface area contributed by atoms with Gasteiger partial charge in [-0.1, -0.05) is 36.4 Å². The van der Waals surface area contributed by atoms with E-state index < -0.39 is 0 Å². The molecule has 2 unspecified atom stereocenters. The molecule has 4 atom stereocenters. The predicted molar refractivity (Wildman–Crippen MR) is 119 cm³/mol. The largest absolute Gasteiger partial charge is 0.488 e. The standard InChI is InChI=1S/C27H32N2O/c1-17-10-24-23-5-3-2-4-20(23)11-25(24)26(29(17)27-12-18(13-27)14-27)19-6-8-21(9-7-19)30-22-15-28-16-22/h2-9,17-18,22,24-26,28H,10-16H2,1H3/t17-,18?,24?,25?,26-,27?/m1/s1. The number of rotatable bonds is 4. The van der Waals surface area contributed by atoms with Crippen molar-refractivity contribution in [3.63, 3.8) is 0 Å². The van der Waals surface area contributed by atoms with Gasteiger partial charge in [0.25, 0.3) is 0 Å². The molecule has 5 fully saturated rings. The van der Waals surface area contributed by atoms with Crippen LogP contribution >= 0.6 is 0 Å². The molecule has 2 aromatic carbocycles. The third kappa shape index (κ3) is 2.45. The lowest BCUT2D eigenvalue weighted by Gasteiger charge is -2.71. The highest BCUT2D eigenvalue weighted by atomic mass is 16.5. The highest BCUT2D eigenvalue weighted by molar-refractivity contribution is 5.41. The summed E-state index contributed by atoms with van der Waals surface area (Å²) < 4.78 is 6.11. The molecule has 0 spiro atoms. The number of hydrogen-bond donors (Lipinski definition) is 1. The molecule has 8 rings (SSSR count). The number of piperidine rings is 1. The zero-order valence-electron chi connectivity index (χ0n) is 17.9. The number of hydrogen-bond acceptors (Lipinski definition) is 3. The van der Waals surface area contributed by atoms with Crippen LogP contribution in [0.1, 0.15) is 61.3 Å². The van der Waals surface area contributed by atoms with E-state index in [-0.39, 0.29) is 0 Å². The Bertz CT molecular complexity index is 948. The lowest BCUT2D eigenvalue weighted by molar-refractivity contribution is -0.197. The SMILES string of the molecule is C[C@@H]1CC2c3ccccc3CC2[C@@H](c2ccc(OC3CNC3)cc2)N1C12CC(C1)C2. The minimum absolute atomic E-state index is 0.344. The molecule has 3 saturated carbocycles. The first kappa shape index (κ1) is 17.8. The van der Waals surface area contributed by atoms with E-state index >= 15 is 0 Å². The molecule has 6 aliphatic rings. The topological polar surface area (TPSA) is 24.5 Å². The van der Waals surface area contributed by atoms with Crippen molar-refractivity contribution in [2.75, 3.05) is 13.1 Å². The van der Waals surface area contributed by atoms with Gasteiger partial charge in [0.15, 0.2) is 0 Å². The van der Waals surface area contributed by atoms with E-state index in [9.17, 15) is 0 Å². The molecule has 156 valence electrons. The summed E-state index contributed by atoms with van der Waals surface area (Å²) in [5.74, 6) is 3.46. The molecule has 1 N–H and O–H groups in total. The van der Waals surface area contributed by atoms with Gasteiger partial charge in [-0.05, 0) is 85.6 Å². The monoisotopic (exact) mass is 400 g/mol. The van der Waals surface area contributed by atoms with Crippen LogP contribution in [0.4, 0.5) is 0 Å². The summed E-state index contributed by atoms with van der Waals surface area (Å²) in [6, 6.07) is 19.7. The number of nitrogens with zero attached hydrogens (tertiary/aromatic N) is 1. The number of benzene rings is 2. The smallest absolute Gasteiger partial charge is 0.123 e. The van der Waals surface area contributed by atoms with Gasteiger partial charge in [-0.25, -0.2) is 0 Å². The summed E-state index contributed by atoms with van der Waals surface area (Å²) in [5.41, 5.74) is 5.24. The molecule has 0 aromatic heterocycles. The molecule has 0 amide bonds. The number of ether oxygens (including phenoxy) is 1. The second kappa shape index (κ2) is 6.34. The lowest BCUT2D eigenvalue weighted by atomic mass is 9.47. The summed E-state index contributed by atoms with van der Waals surface area (Å²) in [6.45, 7) is 4.45.